The Morgan fingerprint density at radius 2 is 2.00 bits per heavy atom. The van der Waals surface area contributed by atoms with Gasteiger partial charge in [0.05, 0.1) is 25.0 Å². The molecule has 0 unspecified atom stereocenters. The van der Waals surface area contributed by atoms with Crippen molar-refractivity contribution in [1.29, 1.82) is 0 Å². The highest BCUT2D eigenvalue weighted by molar-refractivity contribution is 5.50. The van der Waals surface area contributed by atoms with Gasteiger partial charge in [-0.1, -0.05) is 0 Å². The van der Waals surface area contributed by atoms with Crippen LogP contribution in [0.5, 0.6) is 0 Å². The number of nitrogens with zero attached hydrogens (tertiary/aromatic N) is 3. The van der Waals surface area contributed by atoms with Gasteiger partial charge >= 0.3 is 0 Å². The average Bonchev–Trinajstić information content (AvgIpc) is 3.31. The summed E-state index contributed by atoms with van der Waals surface area (Å²) in [5.74, 6) is 2.43. The quantitative estimate of drug-likeness (QED) is 0.744. The highest BCUT2D eigenvalue weighted by Gasteiger charge is 2.33. The van der Waals surface area contributed by atoms with Crippen molar-refractivity contribution < 1.29 is 13.9 Å². The molecule has 7 nitrogen and oxygen atoms in total. The molecule has 1 N–H and O–H groups in total. The number of likely N-dealkylation sites (tertiary alicyclic amines) is 1. The first-order chi connectivity index (χ1) is 13.0. The van der Waals surface area contributed by atoms with E-state index in [-0.39, 0.29) is 12.1 Å². The summed E-state index contributed by atoms with van der Waals surface area (Å²) < 4.78 is 12.3. The Bertz CT molecular complexity index is 950. The van der Waals surface area contributed by atoms with E-state index in [2.05, 4.69) is 10.00 Å². The average molecular weight is 369 g/mol. The summed E-state index contributed by atoms with van der Waals surface area (Å²) in [6.45, 7) is 4.32. The topological polar surface area (TPSA) is 84.6 Å². The number of hydrogen-bond donors (Lipinski definition) is 1. The van der Waals surface area contributed by atoms with Gasteiger partial charge in [-0.05, 0) is 50.1 Å². The normalized spacial score (nSPS) is 17.3. The summed E-state index contributed by atoms with van der Waals surface area (Å²) in [6.07, 6.45) is 2.72. The molecule has 0 aliphatic carbocycles. The summed E-state index contributed by atoms with van der Waals surface area (Å²) in [4.78, 5) is 14.5. The molecule has 7 heteroatoms. The minimum atomic E-state index is -0.950. The lowest BCUT2D eigenvalue weighted by Gasteiger charge is -2.37. The zero-order chi connectivity index (χ0) is 18.9. The molecule has 1 aliphatic heterocycles. The summed E-state index contributed by atoms with van der Waals surface area (Å²) in [5, 5.41) is 15.4. The molecular weight excluding hydrogens is 346 g/mol. The van der Waals surface area contributed by atoms with Crippen molar-refractivity contribution in [3.63, 3.8) is 0 Å². The Labute approximate surface area is 156 Å². The Balaban J connectivity index is 1.42. The third-order valence-corrected chi connectivity index (χ3v) is 5.05. The van der Waals surface area contributed by atoms with Crippen molar-refractivity contribution >= 4 is 0 Å². The van der Waals surface area contributed by atoms with Gasteiger partial charge in [-0.3, -0.25) is 9.69 Å². The molecule has 1 fully saturated rings. The molecule has 27 heavy (non-hydrogen) atoms. The van der Waals surface area contributed by atoms with Crippen molar-refractivity contribution in [3.05, 3.63) is 64.5 Å². The predicted octanol–water partition coefficient (Wildman–Crippen LogP) is 2.43. The highest BCUT2D eigenvalue weighted by Crippen LogP contribution is 2.25. The van der Waals surface area contributed by atoms with Gasteiger partial charge in [0.25, 0.3) is 5.56 Å². The second-order valence-corrected chi connectivity index (χ2v) is 7.20. The van der Waals surface area contributed by atoms with Gasteiger partial charge in [-0.15, -0.1) is 0 Å². The molecule has 142 valence electrons. The maximum atomic E-state index is 12.2. The monoisotopic (exact) mass is 369 g/mol. The number of furan rings is 2. The van der Waals surface area contributed by atoms with E-state index < -0.39 is 5.60 Å². The van der Waals surface area contributed by atoms with Crippen molar-refractivity contribution in [2.75, 3.05) is 13.1 Å². The highest BCUT2D eigenvalue weighted by atomic mass is 16.3. The molecule has 0 atom stereocenters. The van der Waals surface area contributed by atoms with Gasteiger partial charge in [-0.2, -0.15) is 5.10 Å². The van der Waals surface area contributed by atoms with Gasteiger partial charge in [0.15, 0.2) is 5.76 Å². The van der Waals surface area contributed by atoms with Crippen LogP contribution in [0.3, 0.4) is 0 Å². The zero-order valence-electron chi connectivity index (χ0n) is 15.3. The maximum absolute atomic E-state index is 12.2. The number of piperidine rings is 1. The van der Waals surface area contributed by atoms with E-state index in [9.17, 15) is 9.90 Å². The van der Waals surface area contributed by atoms with Crippen LogP contribution in [0.25, 0.3) is 11.5 Å². The van der Waals surface area contributed by atoms with Crippen LogP contribution < -0.4 is 5.56 Å². The van der Waals surface area contributed by atoms with Crippen LogP contribution >= 0.6 is 0 Å². The van der Waals surface area contributed by atoms with Crippen LogP contribution in [-0.2, 0) is 13.1 Å². The Morgan fingerprint density at radius 3 is 2.67 bits per heavy atom. The second-order valence-electron chi connectivity index (χ2n) is 7.20. The minimum absolute atomic E-state index is 0.175. The largest absolute Gasteiger partial charge is 0.465 e. The van der Waals surface area contributed by atoms with Gasteiger partial charge in [0.1, 0.15) is 17.2 Å². The Morgan fingerprint density at radius 1 is 1.19 bits per heavy atom. The van der Waals surface area contributed by atoms with E-state index in [1.54, 1.807) is 24.5 Å². The fourth-order valence-electron chi connectivity index (χ4n) is 3.47. The lowest BCUT2D eigenvalue weighted by atomic mass is 9.91. The molecule has 4 heterocycles. The fourth-order valence-corrected chi connectivity index (χ4v) is 3.47. The minimum Gasteiger partial charge on any atom is -0.465 e. The first-order valence-corrected chi connectivity index (χ1v) is 9.13. The lowest BCUT2D eigenvalue weighted by molar-refractivity contribution is -0.0399. The maximum Gasteiger partial charge on any atom is 0.266 e. The molecule has 4 rings (SSSR count). The van der Waals surface area contributed by atoms with Crippen molar-refractivity contribution in [2.45, 2.75) is 38.5 Å². The molecule has 3 aromatic rings. The number of aromatic nitrogens is 2. The summed E-state index contributed by atoms with van der Waals surface area (Å²) >= 11 is 0. The fraction of sp³-hybridized carbons (Fsp3) is 0.400. The summed E-state index contributed by atoms with van der Waals surface area (Å²) in [5.41, 5.74) is -0.602. The Kier molecular flexibility index (Phi) is 4.72. The number of aliphatic hydroxyl groups is 1. The second kappa shape index (κ2) is 7.17. The summed E-state index contributed by atoms with van der Waals surface area (Å²) in [7, 11) is 0. The van der Waals surface area contributed by atoms with Gasteiger partial charge in [-0.25, -0.2) is 4.68 Å². The van der Waals surface area contributed by atoms with Gasteiger partial charge in [0.2, 0.25) is 0 Å². The van der Waals surface area contributed by atoms with Crippen LogP contribution in [0.4, 0.5) is 0 Å². The van der Waals surface area contributed by atoms with Crippen molar-refractivity contribution in [3.8, 4) is 11.5 Å². The molecule has 3 aromatic heterocycles. The third-order valence-electron chi connectivity index (χ3n) is 5.05. The molecule has 0 spiro atoms. The lowest BCUT2D eigenvalue weighted by Crippen LogP contribution is -2.48. The van der Waals surface area contributed by atoms with Crippen LogP contribution in [0.1, 0.15) is 24.4 Å². The van der Waals surface area contributed by atoms with Gasteiger partial charge < -0.3 is 13.9 Å². The SMILES string of the molecule is Cc1ccc(CN2CCC(O)(Cn3nc(-c4ccco4)ccc3=O)CC2)o1. The molecule has 1 saturated heterocycles. The third kappa shape index (κ3) is 4.04. The molecule has 1 aliphatic rings. The molecule has 0 saturated carbocycles. The number of rotatable bonds is 5. The van der Waals surface area contributed by atoms with Crippen molar-refractivity contribution in [2.24, 2.45) is 0 Å². The number of hydrogen-bond acceptors (Lipinski definition) is 6. The number of aryl methyl sites for hydroxylation is 1. The molecule has 0 bridgehead atoms. The smallest absolute Gasteiger partial charge is 0.266 e. The first kappa shape index (κ1) is 17.8. The standard InChI is InChI=1S/C20H23N3O4/c1-15-4-5-16(27-15)13-22-10-8-20(25,9-11-22)14-23-19(24)7-6-17(21-23)18-3-2-12-26-18/h2-7,12,25H,8-11,13-14H2,1H3. The van der Waals surface area contributed by atoms with E-state index in [0.29, 0.717) is 24.3 Å². The predicted molar refractivity (Wildman–Crippen MR) is 99.1 cm³/mol. The summed E-state index contributed by atoms with van der Waals surface area (Å²) in [6, 6.07) is 10.6. The Hall–Kier alpha value is -2.64. The first-order valence-electron chi connectivity index (χ1n) is 9.13. The van der Waals surface area contributed by atoms with Crippen LogP contribution in [0.2, 0.25) is 0 Å². The molecular formula is C20H23N3O4. The van der Waals surface area contributed by atoms with Crippen LogP contribution in [-0.4, -0.2) is 38.5 Å². The molecule has 0 amide bonds. The van der Waals surface area contributed by atoms with Crippen LogP contribution in [0, 0.1) is 6.92 Å². The van der Waals surface area contributed by atoms with E-state index in [4.69, 9.17) is 8.83 Å². The van der Waals surface area contributed by atoms with Crippen molar-refractivity contribution in [1.82, 2.24) is 14.7 Å². The van der Waals surface area contributed by atoms with E-state index >= 15 is 0 Å². The van der Waals surface area contributed by atoms with E-state index in [1.165, 1.54) is 10.7 Å². The zero-order valence-corrected chi connectivity index (χ0v) is 15.3. The van der Waals surface area contributed by atoms with Gasteiger partial charge in [0, 0.05) is 19.2 Å². The van der Waals surface area contributed by atoms with Crippen LogP contribution in [0.15, 0.2) is 56.3 Å². The van der Waals surface area contributed by atoms with E-state index in [0.717, 1.165) is 31.2 Å². The molecule has 0 aromatic carbocycles. The van der Waals surface area contributed by atoms with E-state index in [1.807, 2.05) is 19.1 Å². The molecule has 0 radical (unpaired) electrons.